The quantitative estimate of drug-likeness (QED) is 0.140. The maximum Gasteiger partial charge on any atom is 0.408 e. The summed E-state index contributed by atoms with van der Waals surface area (Å²) in [5.41, 5.74) is 1.29. The Morgan fingerprint density at radius 2 is 1.57 bits per heavy atom. The van der Waals surface area contributed by atoms with Gasteiger partial charge < -0.3 is 45.9 Å². The molecule has 2 aliphatic heterocycles. The minimum atomic E-state index is -1.75. The predicted molar refractivity (Wildman–Crippen MR) is 226 cm³/mol. The van der Waals surface area contributed by atoms with Gasteiger partial charge in [-0.2, -0.15) is 0 Å². The number of rotatable bonds is 12. The molecule has 6 N–H and O–H groups in total. The Morgan fingerprint density at radius 3 is 2.26 bits per heavy atom. The third-order valence-corrected chi connectivity index (χ3v) is 10.5. The van der Waals surface area contributed by atoms with E-state index in [1.807, 2.05) is 13.0 Å². The number of aliphatic hydroxyl groups is 1. The van der Waals surface area contributed by atoms with Crippen molar-refractivity contribution in [3.8, 4) is 11.5 Å². The molecule has 0 aromatic heterocycles. The number of carbonyl (C=O) groups excluding carboxylic acids is 6. The van der Waals surface area contributed by atoms with Crippen LogP contribution in [0, 0.1) is 5.92 Å². The fourth-order valence-corrected chi connectivity index (χ4v) is 7.42. The Morgan fingerprint density at radius 1 is 0.852 bits per heavy atom. The number of hydrogen-bond donors (Lipinski definition) is 6. The summed E-state index contributed by atoms with van der Waals surface area (Å²) >= 11 is 0. The van der Waals surface area contributed by atoms with Gasteiger partial charge in [-0.05, 0) is 86.9 Å². The Bertz CT molecular complexity index is 1960. The van der Waals surface area contributed by atoms with Crippen molar-refractivity contribution in [2.24, 2.45) is 5.92 Å². The third kappa shape index (κ3) is 14.6. The second kappa shape index (κ2) is 22.0. The summed E-state index contributed by atoms with van der Waals surface area (Å²) in [5, 5.41) is 24.9. The van der Waals surface area contributed by atoms with Crippen LogP contribution in [0.5, 0.6) is 11.5 Å². The van der Waals surface area contributed by atoms with Crippen LogP contribution in [-0.4, -0.2) is 83.2 Å². The lowest BCUT2D eigenvalue weighted by Crippen LogP contribution is -2.61. The molecule has 0 saturated heterocycles. The van der Waals surface area contributed by atoms with Gasteiger partial charge in [-0.15, -0.1) is 0 Å². The van der Waals surface area contributed by atoms with Crippen LogP contribution in [0.4, 0.5) is 4.79 Å². The molecule has 1 saturated carbocycles. The van der Waals surface area contributed by atoms with Crippen molar-refractivity contribution in [3.05, 3.63) is 95.6 Å². The number of nitrogens with one attached hydrogen (secondary N) is 5. The van der Waals surface area contributed by atoms with Crippen LogP contribution < -0.4 is 31.3 Å². The van der Waals surface area contributed by atoms with Gasteiger partial charge in [0.1, 0.15) is 48.4 Å². The highest BCUT2D eigenvalue weighted by molar-refractivity contribution is 5.94. The third-order valence-electron chi connectivity index (χ3n) is 10.5. The number of amides is 5. The van der Waals surface area contributed by atoms with E-state index in [2.05, 4.69) is 26.6 Å². The van der Waals surface area contributed by atoms with E-state index in [0.29, 0.717) is 36.3 Å². The molecule has 1 aliphatic carbocycles. The van der Waals surface area contributed by atoms with E-state index in [1.165, 1.54) is 0 Å². The predicted octanol–water partition coefficient (Wildman–Crippen LogP) is 4.53. The Hall–Kier alpha value is -5.96. The summed E-state index contributed by atoms with van der Waals surface area (Å²) in [5.74, 6) is -2.77. The summed E-state index contributed by atoms with van der Waals surface area (Å²) in [7, 11) is 0. The molecule has 3 aromatic carbocycles. The lowest BCUT2D eigenvalue weighted by molar-refractivity contribution is -0.146. The molecule has 5 amide bonds. The summed E-state index contributed by atoms with van der Waals surface area (Å²) in [4.78, 5) is 81.6. The first-order valence-corrected chi connectivity index (χ1v) is 21.1. The average molecular weight is 842 g/mol. The zero-order valence-corrected chi connectivity index (χ0v) is 35.4. The first-order valence-electron chi connectivity index (χ1n) is 21.1. The molecule has 328 valence electrons. The SMILES string of the molecule is CCCC(NC(=O)[C@@H]1Cc2cccc(c2)Oc2ccc(cc2)C[C@H](NC(=O)OC(C)(C)C)C(=O)N[C@H](C2CCCCC2)C(=O)N1)C(O)C(=O)NCC(=O)OCc1ccccc1. The van der Waals surface area contributed by atoms with E-state index in [0.717, 1.165) is 30.4 Å². The highest BCUT2D eigenvalue weighted by atomic mass is 16.6. The van der Waals surface area contributed by atoms with Crippen LogP contribution in [0.25, 0.3) is 0 Å². The first-order chi connectivity index (χ1) is 29.2. The van der Waals surface area contributed by atoms with Crippen molar-refractivity contribution in [2.45, 2.75) is 128 Å². The molecule has 0 spiro atoms. The number of hydrogen-bond acceptors (Lipinski definition) is 10. The minimum absolute atomic E-state index is 0.0106. The average Bonchev–Trinajstić information content (AvgIpc) is 3.23. The van der Waals surface area contributed by atoms with Crippen LogP contribution in [0.1, 0.15) is 89.3 Å². The van der Waals surface area contributed by atoms with E-state index in [9.17, 15) is 33.9 Å². The molecule has 15 heteroatoms. The van der Waals surface area contributed by atoms with E-state index in [1.54, 1.807) is 93.6 Å². The molecule has 0 radical (unpaired) electrons. The molecule has 3 aliphatic rings. The largest absolute Gasteiger partial charge is 0.460 e. The number of fused-ring (bicyclic) bond motifs is 10. The summed E-state index contributed by atoms with van der Waals surface area (Å²) in [6.07, 6.45) is 2.15. The number of esters is 1. The van der Waals surface area contributed by atoms with Crippen LogP contribution in [0.3, 0.4) is 0 Å². The zero-order chi connectivity index (χ0) is 43.9. The number of aliphatic hydroxyl groups excluding tert-OH is 1. The van der Waals surface area contributed by atoms with Gasteiger partial charge in [-0.1, -0.05) is 87.2 Å². The summed E-state index contributed by atoms with van der Waals surface area (Å²) < 4.78 is 16.9. The normalized spacial score (nSPS) is 19.7. The van der Waals surface area contributed by atoms with Gasteiger partial charge in [-0.25, -0.2) is 4.79 Å². The molecule has 1 fully saturated rings. The molecule has 2 heterocycles. The Balaban J connectivity index is 1.39. The van der Waals surface area contributed by atoms with Gasteiger partial charge in [0.05, 0.1) is 6.04 Å². The molecular formula is C46H59N5O10. The maximum atomic E-state index is 14.5. The molecule has 5 atom stereocenters. The summed E-state index contributed by atoms with van der Waals surface area (Å²) in [6, 6.07) is 18.6. The molecule has 4 bridgehead atoms. The van der Waals surface area contributed by atoms with Gasteiger partial charge in [0.2, 0.25) is 17.7 Å². The van der Waals surface area contributed by atoms with Crippen molar-refractivity contribution < 1.29 is 48.1 Å². The molecule has 15 nitrogen and oxygen atoms in total. The first kappa shape index (κ1) is 46.1. The fraction of sp³-hybridized carbons (Fsp3) is 0.478. The van der Waals surface area contributed by atoms with Crippen molar-refractivity contribution in [2.75, 3.05) is 6.54 Å². The smallest absolute Gasteiger partial charge is 0.408 e. The van der Waals surface area contributed by atoms with Gasteiger partial charge in [0.25, 0.3) is 5.91 Å². The van der Waals surface area contributed by atoms with E-state index in [4.69, 9.17) is 14.2 Å². The molecule has 3 aromatic rings. The standard InChI is InChI=1S/C46H59N5O10/c1-5-13-35(40(53)44(57)47-27-38(52)59-28-30-14-8-6-9-15-30)48-41(54)36-26-31-16-12-19-34(24-31)60-33-22-20-29(21-23-33)25-37(50-45(58)61-46(2,3)4)42(55)51-39(43(56)49-36)32-17-10-7-11-18-32/h6,8-9,12,14-16,19-24,32,35-37,39-40,53H,5,7,10-11,13,17-18,25-28H2,1-4H3,(H,47,57)(H,48,54)(H,49,56)(H,50,58)(H,51,55)/t35?,36-,37-,39+,40?/m0/s1. The maximum absolute atomic E-state index is 14.5. The second-order valence-corrected chi connectivity index (χ2v) is 16.7. The number of carbonyl (C=O) groups is 6. The van der Waals surface area contributed by atoms with Crippen LogP contribution in [0.2, 0.25) is 0 Å². The van der Waals surface area contributed by atoms with Crippen molar-refractivity contribution >= 4 is 35.7 Å². The minimum Gasteiger partial charge on any atom is -0.460 e. The van der Waals surface area contributed by atoms with Crippen LogP contribution >= 0.6 is 0 Å². The monoisotopic (exact) mass is 841 g/mol. The number of benzene rings is 3. The molecule has 2 unspecified atom stereocenters. The van der Waals surface area contributed by atoms with Crippen molar-refractivity contribution in [3.63, 3.8) is 0 Å². The lowest BCUT2D eigenvalue weighted by Gasteiger charge is -2.33. The molecular weight excluding hydrogens is 783 g/mol. The van der Waals surface area contributed by atoms with E-state index < -0.39 is 78.1 Å². The topological polar surface area (TPSA) is 210 Å². The van der Waals surface area contributed by atoms with E-state index in [-0.39, 0.29) is 31.8 Å². The Kier molecular flexibility index (Phi) is 16.7. The highest BCUT2D eigenvalue weighted by Gasteiger charge is 2.37. The van der Waals surface area contributed by atoms with Crippen molar-refractivity contribution in [1.82, 2.24) is 26.6 Å². The lowest BCUT2D eigenvalue weighted by atomic mass is 9.83. The van der Waals surface area contributed by atoms with Crippen LogP contribution in [-0.2, 0) is 52.9 Å². The highest BCUT2D eigenvalue weighted by Crippen LogP contribution is 2.28. The molecule has 61 heavy (non-hydrogen) atoms. The van der Waals surface area contributed by atoms with Crippen molar-refractivity contribution in [1.29, 1.82) is 0 Å². The second-order valence-electron chi connectivity index (χ2n) is 16.7. The van der Waals surface area contributed by atoms with Gasteiger partial charge in [0.15, 0.2) is 6.10 Å². The fourth-order valence-electron chi connectivity index (χ4n) is 7.42. The number of alkyl carbamates (subject to hydrolysis) is 1. The summed E-state index contributed by atoms with van der Waals surface area (Å²) in [6.45, 7) is 6.47. The zero-order valence-electron chi connectivity index (χ0n) is 35.4. The Labute approximate surface area is 357 Å². The van der Waals surface area contributed by atoms with Gasteiger partial charge in [0, 0.05) is 12.8 Å². The van der Waals surface area contributed by atoms with Gasteiger partial charge in [-0.3, -0.25) is 24.0 Å². The van der Waals surface area contributed by atoms with E-state index >= 15 is 0 Å². The van der Waals surface area contributed by atoms with Crippen LogP contribution in [0.15, 0.2) is 78.9 Å². The molecule has 6 rings (SSSR count). The number of ether oxygens (including phenoxy) is 3. The van der Waals surface area contributed by atoms with Gasteiger partial charge >= 0.3 is 12.1 Å².